The third-order valence-corrected chi connectivity index (χ3v) is 0.951. The van der Waals surface area contributed by atoms with Gasteiger partial charge in [-0.15, -0.1) is 0 Å². The number of nitriles is 1. The Hall–Kier alpha value is -1.04. The van der Waals surface area contributed by atoms with Crippen LogP contribution in [0.4, 0.5) is 23.8 Å². The first-order valence-electron chi connectivity index (χ1n) is 2.12. The SMILES string of the molecule is N#CC(=CF)OS(F)(F)(F)(F)F. The maximum atomic E-state index is 11.3. The molecule has 12 heavy (non-hydrogen) atoms. The minimum Gasteiger partial charge on any atom is -0.341 e. The summed E-state index contributed by atoms with van der Waals surface area (Å²) in [7, 11) is -10.2. The summed E-state index contributed by atoms with van der Waals surface area (Å²) in [5, 5.41) is 7.62. The Bertz CT molecular complexity index is 257. The van der Waals surface area contributed by atoms with Crippen molar-refractivity contribution in [1.82, 2.24) is 0 Å². The van der Waals surface area contributed by atoms with Crippen molar-refractivity contribution in [1.29, 1.82) is 5.26 Å². The third kappa shape index (κ3) is 5.72. The highest BCUT2D eigenvalue weighted by molar-refractivity contribution is 8.42. The molecule has 0 N–H and O–H groups in total. The van der Waals surface area contributed by atoms with E-state index < -0.39 is 22.6 Å². The number of allylic oxidation sites excluding steroid dienone is 1. The van der Waals surface area contributed by atoms with Crippen LogP contribution in [0.1, 0.15) is 0 Å². The van der Waals surface area contributed by atoms with Crippen molar-refractivity contribution in [3.05, 3.63) is 12.1 Å². The molecule has 0 aliphatic carbocycles. The Morgan fingerprint density at radius 1 is 1.25 bits per heavy atom. The van der Waals surface area contributed by atoms with Crippen LogP contribution >= 0.6 is 10.5 Å². The second-order valence-electron chi connectivity index (χ2n) is 1.57. The highest BCUT2D eigenvalue weighted by Crippen LogP contribution is 2.99. The van der Waals surface area contributed by atoms with E-state index in [0.29, 0.717) is 6.07 Å². The smallest absolute Gasteiger partial charge is 0.341 e. The molecule has 9 heteroatoms. The minimum atomic E-state index is -10.2. The van der Waals surface area contributed by atoms with Gasteiger partial charge < -0.3 is 4.18 Å². The molecule has 0 aromatic rings. The minimum absolute atomic E-state index is 0.452. The molecule has 0 aromatic carbocycles. The Morgan fingerprint density at radius 2 is 1.67 bits per heavy atom. The van der Waals surface area contributed by atoms with E-state index in [1.54, 1.807) is 0 Å². The molecule has 0 amide bonds. The molecule has 0 aliphatic heterocycles. The van der Waals surface area contributed by atoms with Crippen LogP contribution in [0.5, 0.6) is 0 Å². The molecular weight excluding hydrogens is 212 g/mol. The quantitative estimate of drug-likeness (QED) is 0.399. The van der Waals surface area contributed by atoms with E-state index in [2.05, 4.69) is 0 Å². The van der Waals surface area contributed by atoms with Crippen LogP contribution in [0, 0.1) is 11.3 Å². The molecule has 72 valence electrons. The fourth-order valence-corrected chi connectivity index (χ4v) is 0.644. The zero-order valence-corrected chi connectivity index (χ0v) is 5.93. The fraction of sp³-hybridized carbons (Fsp3) is 0. The molecular formula is C3HF6NOS. The van der Waals surface area contributed by atoms with Crippen molar-refractivity contribution in [3.63, 3.8) is 0 Å². The number of nitrogens with zero attached hydrogens (tertiary/aromatic N) is 1. The van der Waals surface area contributed by atoms with Gasteiger partial charge in [-0.05, 0) is 0 Å². The van der Waals surface area contributed by atoms with Crippen molar-refractivity contribution >= 4 is 10.5 Å². The lowest BCUT2D eigenvalue weighted by Gasteiger charge is -2.38. The molecule has 0 aliphatic rings. The van der Waals surface area contributed by atoms with Crippen LogP contribution in [0.25, 0.3) is 0 Å². The van der Waals surface area contributed by atoms with Crippen molar-refractivity contribution in [2.24, 2.45) is 0 Å². The average molecular weight is 213 g/mol. The van der Waals surface area contributed by atoms with Crippen LogP contribution < -0.4 is 0 Å². The Labute approximate surface area is 63.0 Å². The lowest BCUT2D eigenvalue weighted by molar-refractivity contribution is 0.203. The number of rotatable bonds is 2. The van der Waals surface area contributed by atoms with Gasteiger partial charge in [-0.2, -0.15) is 5.26 Å². The summed E-state index contributed by atoms with van der Waals surface area (Å²) in [6.07, 6.45) is -1.00. The van der Waals surface area contributed by atoms with Crippen molar-refractivity contribution in [2.45, 2.75) is 0 Å². The molecule has 0 aromatic heterocycles. The molecule has 0 unspecified atom stereocenters. The van der Waals surface area contributed by atoms with Gasteiger partial charge >= 0.3 is 10.5 Å². The maximum absolute atomic E-state index is 11.3. The monoisotopic (exact) mass is 213 g/mol. The highest BCUT2D eigenvalue weighted by atomic mass is 32.5. The summed E-state index contributed by atoms with van der Waals surface area (Å²) in [5.74, 6) is -2.13. The predicted octanol–water partition coefficient (Wildman–Crippen LogP) is 3.55. The van der Waals surface area contributed by atoms with E-state index in [-0.39, 0.29) is 0 Å². The van der Waals surface area contributed by atoms with Gasteiger partial charge in [0.05, 0.1) is 0 Å². The van der Waals surface area contributed by atoms with Crippen molar-refractivity contribution in [3.8, 4) is 6.07 Å². The molecule has 0 radical (unpaired) electrons. The summed E-state index contributed by atoms with van der Waals surface area (Å²) in [6, 6.07) is 0.452. The Kier molecular flexibility index (Phi) is 1.83. The van der Waals surface area contributed by atoms with Crippen molar-refractivity contribution in [2.75, 3.05) is 0 Å². The van der Waals surface area contributed by atoms with Gasteiger partial charge in [-0.1, -0.05) is 19.4 Å². The maximum Gasteiger partial charge on any atom is 0.436 e. The zero-order valence-electron chi connectivity index (χ0n) is 5.11. The van der Waals surface area contributed by atoms with Crippen LogP contribution in [-0.2, 0) is 4.18 Å². The first kappa shape index (κ1) is 11.0. The zero-order chi connectivity index (χ0) is 10.1. The summed E-state index contributed by atoms with van der Waals surface area (Å²) in [5.41, 5.74) is 0. The lowest BCUT2D eigenvalue weighted by atomic mass is 10.6. The molecule has 0 heterocycles. The average Bonchev–Trinajstić information content (AvgIpc) is 1.78. The van der Waals surface area contributed by atoms with E-state index in [1.165, 1.54) is 0 Å². The number of hydrogen-bond acceptors (Lipinski definition) is 2. The predicted molar refractivity (Wildman–Crippen MR) is 29.0 cm³/mol. The van der Waals surface area contributed by atoms with Gasteiger partial charge in [-0.25, -0.2) is 4.39 Å². The molecule has 0 saturated carbocycles. The highest BCUT2D eigenvalue weighted by Gasteiger charge is 2.67. The lowest BCUT2D eigenvalue weighted by Crippen LogP contribution is -2.09. The second-order valence-corrected chi connectivity index (χ2v) is 3.53. The number of halogens is 6. The van der Waals surface area contributed by atoms with Gasteiger partial charge in [0.1, 0.15) is 12.4 Å². The second kappa shape index (κ2) is 2.01. The van der Waals surface area contributed by atoms with Crippen LogP contribution in [0.2, 0.25) is 0 Å². The normalized spacial score (nSPS) is 18.9. The van der Waals surface area contributed by atoms with Gasteiger partial charge in [0.25, 0.3) is 5.76 Å². The molecule has 0 atom stereocenters. The Balaban J connectivity index is 4.85. The molecule has 2 nitrogen and oxygen atoms in total. The molecule has 0 rings (SSSR count). The summed E-state index contributed by atoms with van der Waals surface area (Å²) >= 11 is 0. The molecule has 0 fully saturated rings. The van der Waals surface area contributed by atoms with Crippen molar-refractivity contribution < 1.29 is 28.0 Å². The van der Waals surface area contributed by atoms with Crippen LogP contribution in [0.3, 0.4) is 0 Å². The van der Waals surface area contributed by atoms with E-state index in [9.17, 15) is 23.8 Å². The topological polar surface area (TPSA) is 33.0 Å². The fourth-order valence-electron chi connectivity index (χ4n) is 0.231. The van der Waals surface area contributed by atoms with Crippen LogP contribution in [-0.4, -0.2) is 0 Å². The largest absolute Gasteiger partial charge is 0.436 e. The van der Waals surface area contributed by atoms with Gasteiger partial charge in [0.15, 0.2) is 0 Å². The first-order valence-corrected chi connectivity index (χ1v) is 4.00. The standard InChI is InChI=1S/C3HF6NOS/c4-1-3(2-10)11-12(5,6,7,8)9/h1H. The van der Waals surface area contributed by atoms with Gasteiger partial charge in [0, 0.05) is 0 Å². The first-order chi connectivity index (χ1) is 4.97. The van der Waals surface area contributed by atoms with E-state index in [4.69, 9.17) is 5.26 Å². The molecule has 0 saturated heterocycles. The Morgan fingerprint density at radius 3 is 1.75 bits per heavy atom. The summed E-state index contributed by atoms with van der Waals surface area (Å²) in [6.45, 7) is 0. The van der Waals surface area contributed by atoms with E-state index in [1.807, 2.05) is 4.18 Å². The van der Waals surface area contributed by atoms with Gasteiger partial charge in [-0.3, -0.25) is 0 Å². The summed E-state index contributed by atoms with van der Waals surface area (Å²) in [4.78, 5) is 0. The third-order valence-electron chi connectivity index (χ3n) is 0.457. The summed E-state index contributed by atoms with van der Waals surface area (Å²) < 4.78 is 69.5. The van der Waals surface area contributed by atoms with E-state index in [0.717, 1.165) is 0 Å². The van der Waals surface area contributed by atoms with Crippen LogP contribution in [0.15, 0.2) is 12.1 Å². The molecule has 0 spiro atoms. The van der Waals surface area contributed by atoms with E-state index >= 15 is 0 Å². The number of hydrogen-bond donors (Lipinski definition) is 0. The van der Waals surface area contributed by atoms with Gasteiger partial charge in [0.2, 0.25) is 0 Å². The molecule has 0 bridgehead atoms.